The second-order valence-corrected chi connectivity index (χ2v) is 6.14. The Balaban J connectivity index is 1.78. The fraction of sp³-hybridized carbons (Fsp3) is 0.471. The van der Waals surface area contributed by atoms with Gasteiger partial charge in [0.05, 0.1) is 0 Å². The number of carbonyl (C=O) groups excluding carboxylic acids is 1. The molecule has 3 rings (SSSR count). The van der Waals surface area contributed by atoms with Crippen LogP contribution in [-0.4, -0.2) is 31.9 Å². The van der Waals surface area contributed by atoms with E-state index in [2.05, 4.69) is 29.9 Å². The number of aromatic nitrogens is 3. The molecule has 0 spiro atoms. The Kier molecular flexibility index (Phi) is 3.96. The number of carbonyl (C=O) groups is 1. The van der Waals surface area contributed by atoms with Crippen LogP contribution in [0.5, 0.6) is 0 Å². The van der Waals surface area contributed by atoms with Crippen molar-refractivity contribution in [2.45, 2.75) is 45.7 Å². The van der Waals surface area contributed by atoms with Crippen molar-refractivity contribution < 1.29 is 4.79 Å². The lowest BCUT2D eigenvalue weighted by atomic mass is 10.0. The van der Waals surface area contributed by atoms with E-state index in [1.807, 2.05) is 34.9 Å². The third kappa shape index (κ3) is 2.63. The predicted octanol–water partition coefficient (Wildman–Crippen LogP) is 2.55. The van der Waals surface area contributed by atoms with Gasteiger partial charge in [0.2, 0.25) is 5.91 Å². The number of imidazole rings is 1. The van der Waals surface area contributed by atoms with Crippen LogP contribution >= 0.6 is 0 Å². The van der Waals surface area contributed by atoms with E-state index < -0.39 is 0 Å². The van der Waals surface area contributed by atoms with Crippen LogP contribution in [-0.2, 0) is 17.8 Å². The second kappa shape index (κ2) is 5.91. The van der Waals surface area contributed by atoms with Gasteiger partial charge in [0, 0.05) is 49.7 Å². The van der Waals surface area contributed by atoms with E-state index in [-0.39, 0.29) is 11.9 Å². The molecule has 2 aromatic rings. The van der Waals surface area contributed by atoms with Gasteiger partial charge < -0.3 is 9.47 Å². The molecule has 116 valence electrons. The normalized spacial score (nSPS) is 15.7. The molecule has 0 aliphatic carbocycles. The predicted molar refractivity (Wildman–Crippen MR) is 84.4 cm³/mol. The zero-order valence-electron chi connectivity index (χ0n) is 13.4. The molecule has 0 fully saturated rings. The average Bonchev–Trinajstić information content (AvgIpc) is 3.03. The molecular formula is C17H22N4O. The SMILES string of the molecule is CC(C)c1nccn1C(C)C(=O)N1CCc2ncccc2C1. The van der Waals surface area contributed by atoms with Gasteiger partial charge in [-0.25, -0.2) is 4.98 Å². The Labute approximate surface area is 131 Å². The summed E-state index contributed by atoms with van der Waals surface area (Å²) < 4.78 is 1.99. The van der Waals surface area contributed by atoms with E-state index in [0.29, 0.717) is 12.5 Å². The van der Waals surface area contributed by atoms with Crippen molar-refractivity contribution >= 4 is 5.91 Å². The van der Waals surface area contributed by atoms with Gasteiger partial charge in [-0.2, -0.15) is 0 Å². The maximum absolute atomic E-state index is 12.8. The van der Waals surface area contributed by atoms with Crippen LogP contribution in [0.3, 0.4) is 0 Å². The van der Waals surface area contributed by atoms with Gasteiger partial charge in [-0.3, -0.25) is 9.78 Å². The molecule has 5 nitrogen and oxygen atoms in total. The van der Waals surface area contributed by atoms with E-state index in [9.17, 15) is 4.79 Å². The second-order valence-electron chi connectivity index (χ2n) is 6.14. The standard InChI is InChI=1S/C17H22N4O/c1-12(2)16-19-8-10-21(16)13(3)17(22)20-9-6-15-14(11-20)5-4-7-18-15/h4-5,7-8,10,12-13H,6,9,11H2,1-3H3. The van der Waals surface area contributed by atoms with Gasteiger partial charge in [-0.05, 0) is 18.6 Å². The molecule has 1 aliphatic rings. The highest BCUT2D eigenvalue weighted by atomic mass is 16.2. The first-order chi connectivity index (χ1) is 10.6. The highest BCUT2D eigenvalue weighted by molar-refractivity contribution is 5.80. The quantitative estimate of drug-likeness (QED) is 0.875. The van der Waals surface area contributed by atoms with Crippen LogP contribution in [0.15, 0.2) is 30.7 Å². The number of nitrogens with zero attached hydrogens (tertiary/aromatic N) is 4. The zero-order valence-corrected chi connectivity index (χ0v) is 13.4. The Morgan fingerprint density at radius 1 is 1.23 bits per heavy atom. The van der Waals surface area contributed by atoms with Crippen molar-refractivity contribution in [2.24, 2.45) is 0 Å². The topological polar surface area (TPSA) is 51.0 Å². The number of hydrogen-bond acceptors (Lipinski definition) is 3. The molecule has 0 N–H and O–H groups in total. The maximum Gasteiger partial charge on any atom is 0.245 e. The molecule has 5 heteroatoms. The van der Waals surface area contributed by atoms with Crippen LogP contribution in [0.4, 0.5) is 0 Å². The molecular weight excluding hydrogens is 276 g/mol. The number of hydrogen-bond donors (Lipinski definition) is 0. The van der Waals surface area contributed by atoms with Crippen molar-refractivity contribution in [1.29, 1.82) is 0 Å². The first-order valence-corrected chi connectivity index (χ1v) is 7.82. The molecule has 0 radical (unpaired) electrons. The first kappa shape index (κ1) is 14.8. The van der Waals surface area contributed by atoms with Crippen LogP contribution in [0.2, 0.25) is 0 Å². The average molecular weight is 298 g/mol. The van der Waals surface area contributed by atoms with Crippen LogP contribution in [0.25, 0.3) is 0 Å². The Hall–Kier alpha value is -2.17. The molecule has 1 unspecified atom stereocenters. The first-order valence-electron chi connectivity index (χ1n) is 7.82. The van der Waals surface area contributed by atoms with E-state index >= 15 is 0 Å². The third-order valence-electron chi connectivity index (χ3n) is 4.27. The van der Waals surface area contributed by atoms with E-state index in [0.717, 1.165) is 30.0 Å². The largest absolute Gasteiger partial charge is 0.336 e. The fourth-order valence-corrected chi connectivity index (χ4v) is 3.04. The number of rotatable bonds is 3. The minimum Gasteiger partial charge on any atom is -0.336 e. The Morgan fingerprint density at radius 2 is 2.05 bits per heavy atom. The summed E-state index contributed by atoms with van der Waals surface area (Å²) in [6.45, 7) is 7.53. The van der Waals surface area contributed by atoms with Crippen molar-refractivity contribution in [3.8, 4) is 0 Å². The Morgan fingerprint density at radius 3 is 2.82 bits per heavy atom. The molecule has 3 heterocycles. The van der Waals surface area contributed by atoms with Gasteiger partial charge in [0.1, 0.15) is 11.9 Å². The number of fused-ring (bicyclic) bond motifs is 1. The molecule has 0 aromatic carbocycles. The maximum atomic E-state index is 12.8. The van der Waals surface area contributed by atoms with Crippen LogP contribution in [0, 0.1) is 0 Å². The highest BCUT2D eigenvalue weighted by Gasteiger charge is 2.27. The lowest BCUT2D eigenvalue weighted by Crippen LogP contribution is -2.40. The molecule has 0 bridgehead atoms. The lowest BCUT2D eigenvalue weighted by Gasteiger charge is -2.31. The van der Waals surface area contributed by atoms with Gasteiger partial charge in [-0.1, -0.05) is 19.9 Å². The van der Waals surface area contributed by atoms with Crippen molar-refractivity contribution in [3.05, 3.63) is 47.8 Å². The molecule has 1 aliphatic heterocycles. The van der Waals surface area contributed by atoms with Crippen molar-refractivity contribution in [1.82, 2.24) is 19.4 Å². The Bertz CT molecular complexity index is 677. The summed E-state index contributed by atoms with van der Waals surface area (Å²) in [4.78, 5) is 23.5. The minimum atomic E-state index is -0.224. The molecule has 22 heavy (non-hydrogen) atoms. The summed E-state index contributed by atoms with van der Waals surface area (Å²) in [7, 11) is 0. The molecule has 0 saturated heterocycles. The van der Waals surface area contributed by atoms with Gasteiger partial charge in [0.15, 0.2) is 0 Å². The summed E-state index contributed by atoms with van der Waals surface area (Å²) in [6, 6.07) is 3.77. The van der Waals surface area contributed by atoms with Gasteiger partial charge >= 0.3 is 0 Å². The summed E-state index contributed by atoms with van der Waals surface area (Å²) in [5, 5.41) is 0. The van der Waals surface area contributed by atoms with Crippen molar-refractivity contribution in [3.63, 3.8) is 0 Å². The van der Waals surface area contributed by atoms with Crippen LogP contribution in [0.1, 0.15) is 49.8 Å². The zero-order chi connectivity index (χ0) is 15.7. The summed E-state index contributed by atoms with van der Waals surface area (Å²) >= 11 is 0. The lowest BCUT2D eigenvalue weighted by molar-refractivity contribution is -0.135. The highest BCUT2D eigenvalue weighted by Crippen LogP contribution is 2.22. The van der Waals surface area contributed by atoms with Crippen LogP contribution < -0.4 is 0 Å². The minimum absolute atomic E-state index is 0.148. The molecule has 1 amide bonds. The van der Waals surface area contributed by atoms with Gasteiger partial charge in [0.25, 0.3) is 0 Å². The van der Waals surface area contributed by atoms with E-state index in [1.165, 1.54) is 0 Å². The summed E-state index contributed by atoms with van der Waals surface area (Å²) in [5.41, 5.74) is 2.27. The van der Waals surface area contributed by atoms with Crippen molar-refractivity contribution in [2.75, 3.05) is 6.54 Å². The summed E-state index contributed by atoms with van der Waals surface area (Å²) in [5.74, 6) is 1.41. The van der Waals surface area contributed by atoms with E-state index in [4.69, 9.17) is 0 Å². The fourth-order valence-electron chi connectivity index (χ4n) is 3.04. The summed E-state index contributed by atoms with van der Waals surface area (Å²) in [6.07, 6.45) is 6.32. The number of amides is 1. The smallest absolute Gasteiger partial charge is 0.245 e. The third-order valence-corrected chi connectivity index (χ3v) is 4.27. The van der Waals surface area contributed by atoms with E-state index in [1.54, 1.807) is 6.20 Å². The molecule has 2 aromatic heterocycles. The monoisotopic (exact) mass is 298 g/mol. The number of pyridine rings is 1. The molecule has 0 saturated carbocycles. The van der Waals surface area contributed by atoms with Gasteiger partial charge in [-0.15, -0.1) is 0 Å². The molecule has 1 atom stereocenters.